The summed E-state index contributed by atoms with van der Waals surface area (Å²) in [4.78, 5) is 18.9. The fourth-order valence-corrected chi connectivity index (χ4v) is 2.51. The largest absolute Gasteiger partial charge is 0.333 e. The second-order valence-electron chi connectivity index (χ2n) is 2.78. The molecule has 0 aromatic carbocycles. The van der Waals surface area contributed by atoms with Crippen molar-refractivity contribution in [2.24, 2.45) is 0 Å². The van der Waals surface area contributed by atoms with Crippen molar-refractivity contribution in [3.8, 4) is 0 Å². The van der Waals surface area contributed by atoms with E-state index in [1.54, 1.807) is 13.8 Å². The molecule has 0 aromatic heterocycles. The molecule has 0 saturated carbocycles. The van der Waals surface area contributed by atoms with Gasteiger partial charge in [0.15, 0.2) is 0 Å². The topological polar surface area (TPSA) is 77.4 Å². The lowest BCUT2D eigenvalue weighted by Gasteiger charge is -2.19. The SMILES string of the molecule is C=P(O)(OCC)OCCOP(=C)(O)OCC. The maximum Gasteiger partial charge on any atom is 0.248 e. The van der Waals surface area contributed by atoms with E-state index < -0.39 is 15.1 Å². The van der Waals surface area contributed by atoms with Crippen LogP contribution in [0.1, 0.15) is 13.8 Å². The second-order valence-corrected chi connectivity index (χ2v) is 6.36. The Morgan fingerprint density at radius 1 is 0.812 bits per heavy atom. The maximum atomic E-state index is 9.45. The minimum absolute atomic E-state index is 0.0542. The van der Waals surface area contributed by atoms with Crippen LogP contribution < -0.4 is 0 Å². The van der Waals surface area contributed by atoms with E-state index in [0.29, 0.717) is 13.2 Å². The lowest BCUT2D eigenvalue weighted by atomic mass is 10.8. The first-order chi connectivity index (χ1) is 7.33. The highest BCUT2D eigenvalue weighted by Crippen LogP contribution is 2.44. The number of hydrogen-bond acceptors (Lipinski definition) is 6. The molecule has 2 N–H and O–H groups in total. The number of rotatable bonds is 9. The van der Waals surface area contributed by atoms with Crippen LogP contribution in [0.3, 0.4) is 0 Å². The molecule has 0 heterocycles. The van der Waals surface area contributed by atoms with E-state index in [2.05, 4.69) is 12.6 Å². The van der Waals surface area contributed by atoms with E-state index in [0.717, 1.165) is 0 Å². The summed E-state index contributed by atoms with van der Waals surface area (Å²) < 4.78 is 19.7. The lowest BCUT2D eigenvalue weighted by Crippen LogP contribution is -2.05. The van der Waals surface area contributed by atoms with Gasteiger partial charge in [0.2, 0.25) is 15.1 Å². The zero-order valence-corrected chi connectivity index (χ0v) is 11.5. The van der Waals surface area contributed by atoms with Crippen LogP contribution in [0.2, 0.25) is 0 Å². The summed E-state index contributed by atoms with van der Waals surface area (Å²) in [6.07, 6.45) is 6.79. The summed E-state index contributed by atoms with van der Waals surface area (Å²) >= 11 is 0. The van der Waals surface area contributed by atoms with Gasteiger partial charge in [0.1, 0.15) is 0 Å². The smallest absolute Gasteiger partial charge is 0.248 e. The van der Waals surface area contributed by atoms with Gasteiger partial charge in [-0.3, -0.25) is 0 Å². The molecule has 98 valence electrons. The average Bonchev–Trinajstić information content (AvgIpc) is 2.12. The quantitative estimate of drug-likeness (QED) is 0.489. The molecule has 0 aliphatic carbocycles. The van der Waals surface area contributed by atoms with E-state index in [-0.39, 0.29) is 13.2 Å². The molecule has 2 atom stereocenters. The zero-order valence-electron chi connectivity index (χ0n) is 9.66. The Morgan fingerprint density at radius 3 is 1.38 bits per heavy atom. The molecule has 0 aliphatic heterocycles. The highest BCUT2D eigenvalue weighted by atomic mass is 31.2. The van der Waals surface area contributed by atoms with Crippen molar-refractivity contribution in [1.29, 1.82) is 0 Å². The van der Waals surface area contributed by atoms with E-state index >= 15 is 0 Å². The Morgan fingerprint density at radius 2 is 1.12 bits per heavy atom. The van der Waals surface area contributed by atoms with E-state index in [1.807, 2.05) is 0 Å². The third-order valence-electron chi connectivity index (χ3n) is 1.33. The molecular formula is C8H20O6P2. The van der Waals surface area contributed by atoms with Gasteiger partial charge in [-0.1, -0.05) is 0 Å². The average molecular weight is 274 g/mol. The molecule has 16 heavy (non-hydrogen) atoms. The molecule has 0 amide bonds. The van der Waals surface area contributed by atoms with Crippen LogP contribution in [0.4, 0.5) is 0 Å². The molecule has 2 unspecified atom stereocenters. The zero-order chi connectivity index (χ0) is 12.7. The molecule has 0 radical (unpaired) electrons. The van der Waals surface area contributed by atoms with Gasteiger partial charge in [-0.15, -0.1) is 0 Å². The van der Waals surface area contributed by atoms with Crippen LogP contribution in [0.15, 0.2) is 0 Å². The Balaban J connectivity index is 3.76. The predicted molar refractivity (Wildman–Crippen MR) is 67.7 cm³/mol. The second kappa shape index (κ2) is 7.64. The van der Waals surface area contributed by atoms with Gasteiger partial charge < -0.3 is 27.9 Å². The Kier molecular flexibility index (Phi) is 7.81. The van der Waals surface area contributed by atoms with Gasteiger partial charge >= 0.3 is 0 Å². The monoisotopic (exact) mass is 274 g/mol. The van der Waals surface area contributed by atoms with Crippen molar-refractivity contribution < 1.29 is 27.9 Å². The summed E-state index contributed by atoms with van der Waals surface area (Å²) in [5, 5.41) is 0. The molecule has 0 spiro atoms. The summed E-state index contributed by atoms with van der Waals surface area (Å²) in [7, 11) is -6.00. The van der Waals surface area contributed by atoms with Crippen LogP contribution in [-0.4, -0.2) is 48.8 Å². The molecule has 8 heteroatoms. The molecule has 0 aliphatic rings. The van der Waals surface area contributed by atoms with Crippen LogP contribution in [0, 0.1) is 0 Å². The molecule has 0 rings (SSSR count). The van der Waals surface area contributed by atoms with Gasteiger partial charge in [-0.05, 0) is 26.4 Å². The number of hydrogen-bond donors (Lipinski definition) is 2. The minimum atomic E-state index is -3.00. The Hall–Kier alpha value is 0.360. The Bertz CT molecular complexity index is 252. The third kappa shape index (κ3) is 8.50. The predicted octanol–water partition coefficient (Wildman–Crippen LogP) is 1.47. The van der Waals surface area contributed by atoms with Crippen molar-refractivity contribution in [2.75, 3.05) is 26.4 Å². The molecule has 0 saturated heterocycles. The molecule has 0 bridgehead atoms. The summed E-state index contributed by atoms with van der Waals surface area (Å²) in [5.74, 6) is 0. The molecule has 0 fully saturated rings. The first-order valence-corrected chi connectivity index (χ1v) is 8.36. The minimum Gasteiger partial charge on any atom is -0.333 e. The molecular weight excluding hydrogens is 254 g/mol. The van der Waals surface area contributed by atoms with Crippen LogP contribution in [-0.2, 0) is 18.1 Å². The summed E-state index contributed by atoms with van der Waals surface area (Å²) in [6, 6.07) is 0. The maximum absolute atomic E-state index is 9.45. The molecule has 6 nitrogen and oxygen atoms in total. The van der Waals surface area contributed by atoms with Crippen molar-refractivity contribution in [1.82, 2.24) is 0 Å². The van der Waals surface area contributed by atoms with Crippen LogP contribution in [0.5, 0.6) is 0 Å². The van der Waals surface area contributed by atoms with Gasteiger partial charge in [-0.25, -0.2) is 0 Å². The van der Waals surface area contributed by atoms with E-state index in [9.17, 15) is 9.79 Å². The van der Waals surface area contributed by atoms with Crippen LogP contribution in [0.25, 0.3) is 0 Å². The first-order valence-electron chi connectivity index (χ1n) is 4.83. The van der Waals surface area contributed by atoms with Gasteiger partial charge in [0.25, 0.3) is 0 Å². The van der Waals surface area contributed by atoms with Crippen molar-refractivity contribution in [3.05, 3.63) is 0 Å². The fraction of sp³-hybridized carbons (Fsp3) is 0.750. The standard InChI is InChI=1S/C8H20O6P2/c1-5-11-15(3,9)13-7-8-14-16(4,10)12-6-2/h9-10H,3-8H2,1-2H3. The fourth-order valence-electron chi connectivity index (χ4n) is 0.838. The van der Waals surface area contributed by atoms with Gasteiger partial charge in [0, 0.05) is 0 Å². The van der Waals surface area contributed by atoms with Gasteiger partial charge in [-0.2, -0.15) is 0 Å². The van der Waals surface area contributed by atoms with Crippen molar-refractivity contribution in [2.45, 2.75) is 13.8 Å². The lowest BCUT2D eigenvalue weighted by molar-refractivity contribution is 0.145. The van der Waals surface area contributed by atoms with E-state index in [4.69, 9.17) is 18.1 Å². The summed E-state index contributed by atoms with van der Waals surface area (Å²) in [6.45, 7) is 4.20. The van der Waals surface area contributed by atoms with Crippen molar-refractivity contribution in [3.63, 3.8) is 0 Å². The third-order valence-corrected chi connectivity index (χ3v) is 3.83. The highest BCUT2D eigenvalue weighted by Gasteiger charge is 2.13. The molecule has 0 aromatic rings. The first kappa shape index (κ1) is 16.4. The van der Waals surface area contributed by atoms with E-state index in [1.165, 1.54) is 0 Å². The highest BCUT2D eigenvalue weighted by molar-refractivity contribution is 7.59. The summed E-state index contributed by atoms with van der Waals surface area (Å²) in [5.41, 5.74) is 0. The van der Waals surface area contributed by atoms with Crippen LogP contribution >= 0.6 is 15.1 Å². The van der Waals surface area contributed by atoms with Gasteiger partial charge in [0.05, 0.1) is 26.4 Å². The normalized spacial score (nSPS) is 19.0. The Labute approximate surface area is 96.5 Å². The van der Waals surface area contributed by atoms with Crippen molar-refractivity contribution >= 4 is 27.7 Å².